The minimum Gasteiger partial charge on any atom is -0.497 e. The first-order chi connectivity index (χ1) is 30.9. The molecule has 0 spiro atoms. The van der Waals surface area contributed by atoms with Gasteiger partial charge in [0, 0.05) is 50.2 Å². The first-order valence-corrected chi connectivity index (χ1v) is 23.6. The fourth-order valence-electron chi connectivity index (χ4n) is 11.0. The lowest BCUT2D eigenvalue weighted by atomic mass is 9.83. The Morgan fingerprint density at radius 3 is 1.80 bits per heavy atom. The van der Waals surface area contributed by atoms with Crippen LogP contribution in [0.5, 0.6) is 40.2 Å². The SMILES string of the molecule is CCCCCCC(C(=O)O)[N+]1(C)CCc2cc(OC)c3cc2C1Cc1ccc(cc1)Oc1cc(ccc1OC)CC1c2c(cc(OC)cc2O3)CC[N+]1(C)C(CCCCCC)C(=O)O. The highest BCUT2D eigenvalue weighted by atomic mass is 16.5. The van der Waals surface area contributed by atoms with Crippen molar-refractivity contribution in [2.45, 2.75) is 128 Å². The van der Waals surface area contributed by atoms with Crippen LogP contribution in [0.3, 0.4) is 0 Å². The maximum Gasteiger partial charge on any atom is 0.362 e. The van der Waals surface area contributed by atoms with E-state index in [-0.39, 0.29) is 16.6 Å². The summed E-state index contributed by atoms with van der Waals surface area (Å²) in [4.78, 5) is 26.9. The largest absolute Gasteiger partial charge is 0.497 e. The minimum atomic E-state index is -0.798. The number of nitrogens with zero attached hydrogens (tertiary/aromatic N) is 2. The van der Waals surface area contributed by atoms with Gasteiger partial charge in [-0.2, -0.15) is 0 Å². The normalized spacial score (nSPS) is 22.1. The third kappa shape index (κ3) is 9.57. The Morgan fingerprint density at radius 1 is 0.625 bits per heavy atom. The lowest BCUT2D eigenvalue weighted by Gasteiger charge is -2.49. The van der Waals surface area contributed by atoms with Crippen molar-refractivity contribution in [2.75, 3.05) is 48.5 Å². The van der Waals surface area contributed by atoms with Gasteiger partial charge in [0.05, 0.1) is 54.1 Å². The molecule has 0 saturated carbocycles. The molecule has 0 amide bonds. The lowest BCUT2D eigenvalue weighted by molar-refractivity contribution is -0.956. The molecule has 4 heterocycles. The second kappa shape index (κ2) is 20.3. The predicted molar refractivity (Wildman–Crippen MR) is 248 cm³/mol. The molecule has 4 aliphatic heterocycles. The Balaban J connectivity index is 1.46. The summed E-state index contributed by atoms with van der Waals surface area (Å²) < 4.78 is 32.4. The summed E-state index contributed by atoms with van der Waals surface area (Å²) >= 11 is 0. The molecule has 64 heavy (non-hydrogen) atoms. The van der Waals surface area contributed by atoms with Crippen LogP contribution in [0, 0.1) is 0 Å². The van der Waals surface area contributed by atoms with Crippen molar-refractivity contribution in [3.05, 3.63) is 100 Å². The van der Waals surface area contributed by atoms with E-state index in [1.165, 1.54) is 0 Å². The summed E-state index contributed by atoms with van der Waals surface area (Å²) in [5.74, 6) is 2.57. The van der Waals surface area contributed by atoms with E-state index in [4.69, 9.17) is 23.7 Å². The maximum atomic E-state index is 13.5. The van der Waals surface area contributed by atoms with Gasteiger partial charge in [0.2, 0.25) is 0 Å². The van der Waals surface area contributed by atoms with E-state index in [0.29, 0.717) is 96.3 Å². The van der Waals surface area contributed by atoms with Crippen LogP contribution >= 0.6 is 0 Å². The summed E-state index contributed by atoms with van der Waals surface area (Å²) in [6.45, 7) is 5.62. The van der Waals surface area contributed by atoms with Crippen molar-refractivity contribution in [3.8, 4) is 40.2 Å². The number of methoxy groups -OCH3 is 3. The van der Waals surface area contributed by atoms with Gasteiger partial charge in [-0.3, -0.25) is 0 Å². The molecule has 0 radical (unpaired) electrons. The predicted octanol–water partition coefficient (Wildman–Crippen LogP) is 11.0. The Labute approximate surface area is 380 Å². The van der Waals surface area contributed by atoms with E-state index in [0.717, 1.165) is 84.7 Å². The quantitative estimate of drug-likeness (QED) is 0.0789. The molecular formula is C53H70N2O9+2. The smallest absolute Gasteiger partial charge is 0.362 e. The number of ether oxygens (including phenoxy) is 5. The van der Waals surface area contributed by atoms with Gasteiger partial charge in [-0.1, -0.05) is 70.6 Å². The number of rotatable bonds is 17. The van der Waals surface area contributed by atoms with E-state index in [1.807, 2.05) is 36.4 Å². The zero-order valence-electron chi connectivity index (χ0n) is 39.1. The molecule has 6 bridgehead atoms. The van der Waals surface area contributed by atoms with E-state index < -0.39 is 24.0 Å². The standard InChI is InChI=1S/C53H68N2O9/c1-8-10-12-14-16-42(52(56)57)54(3)26-24-37-32-47(62-7)49-34-41(37)44(54)28-35-18-21-39(22-19-35)63-48-30-36(20-23-46(48)61-6)29-45-51-38(31-40(60-5)33-50(51)64-49)25-27-55(45,4)43(53(58)59)17-15-13-11-9-2/h18-23,30-34,42-45H,8-17,24-29H2,1-7H3/p+2. The van der Waals surface area contributed by atoms with Gasteiger partial charge in [-0.05, 0) is 77.6 Å². The summed E-state index contributed by atoms with van der Waals surface area (Å²) in [7, 11) is 9.18. The van der Waals surface area contributed by atoms with Crippen molar-refractivity contribution >= 4 is 11.9 Å². The molecular weight excluding hydrogens is 809 g/mol. The highest BCUT2D eigenvalue weighted by Gasteiger charge is 2.50. The monoisotopic (exact) mass is 879 g/mol. The number of aliphatic carboxylic acids is 2. The number of likely N-dealkylation sites (N-methyl/N-ethyl adjacent to an activating group) is 2. The zero-order valence-corrected chi connectivity index (χ0v) is 39.1. The van der Waals surface area contributed by atoms with Crippen molar-refractivity contribution < 1.29 is 52.5 Å². The fourth-order valence-corrected chi connectivity index (χ4v) is 11.0. The van der Waals surface area contributed by atoms with Crippen LogP contribution in [-0.2, 0) is 35.3 Å². The van der Waals surface area contributed by atoms with Gasteiger partial charge in [0.1, 0.15) is 29.3 Å². The van der Waals surface area contributed by atoms with Crippen LogP contribution in [0.15, 0.2) is 66.7 Å². The number of benzene rings is 4. The molecule has 4 aliphatic rings. The number of unbranched alkanes of at least 4 members (excludes halogenated alkanes) is 6. The average molecular weight is 879 g/mol. The summed E-state index contributed by atoms with van der Waals surface area (Å²) in [6.07, 6.45) is 11.5. The summed E-state index contributed by atoms with van der Waals surface area (Å²) in [5, 5.41) is 22.1. The number of quaternary nitrogens is 2. The molecule has 0 aliphatic carbocycles. The molecule has 0 fully saturated rings. The molecule has 11 heteroatoms. The van der Waals surface area contributed by atoms with E-state index in [2.05, 4.69) is 58.3 Å². The van der Waals surface area contributed by atoms with Gasteiger partial charge in [0.15, 0.2) is 35.1 Å². The number of hydrogen-bond donors (Lipinski definition) is 2. The van der Waals surface area contributed by atoms with E-state index in [1.54, 1.807) is 21.3 Å². The number of carboxylic acid groups (broad SMARTS) is 2. The molecule has 344 valence electrons. The number of carbonyl (C=O) groups is 2. The van der Waals surface area contributed by atoms with Gasteiger partial charge in [0.25, 0.3) is 0 Å². The Hall–Kier alpha value is -5.26. The minimum absolute atomic E-state index is 0.220. The molecule has 8 rings (SSSR count). The van der Waals surface area contributed by atoms with E-state index in [9.17, 15) is 19.8 Å². The van der Waals surface area contributed by atoms with Crippen LogP contribution in [-0.4, -0.2) is 91.7 Å². The molecule has 0 saturated heterocycles. The van der Waals surface area contributed by atoms with Crippen LogP contribution < -0.4 is 23.7 Å². The van der Waals surface area contributed by atoms with Crippen molar-refractivity contribution in [1.29, 1.82) is 0 Å². The number of fused-ring (bicyclic) bond motifs is 2. The summed E-state index contributed by atoms with van der Waals surface area (Å²) in [5.41, 5.74) is 6.18. The van der Waals surface area contributed by atoms with Crippen molar-refractivity contribution in [1.82, 2.24) is 0 Å². The highest BCUT2D eigenvalue weighted by Crippen LogP contribution is 2.51. The van der Waals surface area contributed by atoms with Gasteiger partial charge in [-0.25, -0.2) is 9.59 Å². The molecule has 4 aromatic rings. The topological polar surface area (TPSA) is 121 Å². The van der Waals surface area contributed by atoms with Gasteiger partial charge < -0.3 is 42.9 Å². The first kappa shape index (κ1) is 46.7. The molecule has 4 aromatic carbocycles. The number of hydrogen-bond acceptors (Lipinski definition) is 7. The lowest BCUT2D eigenvalue weighted by Crippen LogP contribution is -2.61. The maximum absolute atomic E-state index is 13.5. The fraction of sp³-hybridized carbons (Fsp3) is 0.509. The highest BCUT2D eigenvalue weighted by molar-refractivity contribution is 5.73. The molecule has 6 unspecified atom stereocenters. The van der Waals surface area contributed by atoms with Crippen LogP contribution in [0.1, 0.15) is 124 Å². The van der Waals surface area contributed by atoms with Crippen LogP contribution in [0.25, 0.3) is 0 Å². The third-order valence-electron chi connectivity index (χ3n) is 14.8. The Bertz CT molecular complexity index is 2280. The van der Waals surface area contributed by atoms with Crippen LogP contribution in [0.4, 0.5) is 0 Å². The second-order valence-corrected chi connectivity index (χ2v) is 18.7. The molecule has 11 nitrogen and oxygen atoms in total. The Kier molecular flexibility index (Phi) is 14.8. The van der Waals surface area contributed by atoms with Gasteiger partial charge >= 0.3 is 11.9 Å². The Morgan fingerprint density at radius 2 is 1.20 bits per heavy atom. The first-order valence-electron chi connectivity index (χ1n) is 23.6. The third-order valence-corrected chi connectivity index (χ3v) is 14.8. The van der Waals surface area contributed by atoms with E-state index >= 15 is 0 Å². The summed E-state index contributed by atoms with van der Waals surface area (Å²) in [6, 6.07) is 20.4. The second-order valence-electron chi connectivity index (χ2n) is 18.7. The van der Waals surface area contributed by atoms with Crippen LogP contribution in [0.2, 0.25) is 0 Å². The molecule has 6 atom stereocenters. The van der Waals surface area contributed by atoms with Crippen molar-refractivity contribution in [2.24, 2.45) is 0 Å². The average Bonchev–Trinajstić information content (AvgIpc) is 3.28. The molecule has 2 N–H and O–H groups in total. The molecule has 0 aromatic heterocycles. The number of carboxylic acids is 2. The van der Waals surface area contributed by atoms with Crippen molar-refractivity contribution in [3.63, 3.8) is 0 Å². The van der Waals surface area contributed by atoms with Gasteiger partial charge in [-0.15, -0.1) is 0 Å². The zero-order chi connectivity index (χ0) is 45.6.